The van der Waals surface area contributed by atoms with Crippen LogP contribution in [0.4, 0.5) is 13.2 Å². The fourth-order valence-corrected chi connectivity index (χ4v) is 5.53. The maximum absolute atomic E-state index is 13.1. The number of hydrogen-bond acceptors (Lipinski definition) is 8. The molecule has 0 saturated carbocycles. The monoisotopic (exact) mass is 564 g/mol. The molecule has 40 heavy (non-hydrogen) atoms. The SMILES string of the molecule is O=C(c1ccc(O)cc1OC[C@@H](O)CN1CCC2(CC1)Cc1ccccc1O2)N1CC[C@H](OC(=O)C(F)(F)F)C1. The number of piperidine rings is 1. The molecule has 0 aromatic heterocycles. The molecule has 216 valence electrons. The van der Waals surface area contributed by atoms with Crippen LogP contribution in [0, 0.1) is 0 Å². The standard InChI is InChI=1S/C28H31F3N2O7/c29-28(30,31)26(37)39-21-7-10-33(16-21)25(36)22-6-5-19(34)13-24(22)38-17-20(35)15-32-11-8-27(9-12-32)14-18-3-1-2-4-23(18)40-27/h1-6,13,20-21,34-35H,7-12,14-17H2/t20-,21-/m0/s1. The lowest BCUT2D eigenvalue weighted by atomic mass is 9.87. The highest BCUT2D eigenvalue weighted by Crippen LogP contribution is 2.40. The molecule has 0 bridgehead atoms. The van der Waals surface area contributed by atoms with Crippen molar-refractivity contribution in [1.82, 2.24) is 9.80 Å². The highest BCUT2D eigenvalue weighted by Gasteiger charge is 2.44. The Morgan fingerprint density at radius 1 is 1.12 bits per heavy atom. The molecule has 2 fully saturated rings. The molecule has 9 nitrogen and oxygen atoms in total. The number of alkyl halides is 3. The molecular weight excluding hydrogens is 533 g/mol. The summed E-state index contributed by atoms with van der Waals surface area (Å²) in [7, 11) is 0. The first-order chi connectivity index (χ1) is 19.0. The molecule has 1 spiro atoms. The Labute approximate surface area is 229 Å². The van der Waals surface area contributed by atoms with Gasteiger partial charge in [-0.1, -0.05) is 18.2 Å². The van der Waals surface area contributed by atoms with Gasteiger partial charge in [0.05, 0.1) is 12.1 Å². The van der Waals surface area contributed by atoms with Gasteiger partial charge in [-0.15, -0.1) is 0 Å². The van der Waals surface area contributed by atoms with E-state index in [4.69, 9.17) is 9.47 Å². The van der Waals surface area contributed by atoms with E-state index in [0.717, 1.165) is 38.1 Å². The van der Waals surface area contributed by atoms with Crippen molar-refractivity contribution < 1.29 is 47.2 Å². The minimum Gasteiger partial charge on any atom is -0.508 e. The van der Waals surface area contributed by atoms with Crippen LogP contribution < -0.4 is 9.47 Å². The third kappa shape index (κ3) is 6.28. The van der Waals surface area contributed by atoms with Crippen LogP contribution in [0.25, 0.3) is 0 Å². The van der Waals surface area contributed by atoms with Crippen LogP contribution in [0.3, 0.4) is 0 Å². The third-order valence-corrected chi connectivity index (χ3v) is 7.61. The van der Waals surface area contributed by atoms with Crippen LogP contribution in [0.2, 0.25) is 0 Å². The molecule has 12 heteroatoms. The number of aliphatic hydroxyl groups excluding tert-OH is 1. The number of aromatic hydroxyl groups is 1. The molecule has 3 heterocycles. The van der Waals surface area contributed by atoms with Gasteiger partial charge < -0.3 is 34.2 Å². The molecule has 1 amide bonds. The van der Waals surface area contributed by atoms with Crippen LogP contribution in [0.1, 0.15) is 35.2 Å². The molecule has 0 radical (unpaired) electrons. The topological polar surface area (TPSA) is 109 Å². The molecule has 0 unspecified atom stereocenters. The molecule has 3 aliphatic rings. The summed E-state index contributed by atoms with van der Waals surface area (Å²) >= 11 is 0. The first-order valence-corrected chi connectivity index (χ1v) is 13.2. The van der Waals surface area contributed by atoms with Crippen LogP contribution in [0.15, 0.2) is 42.5 Å². The largest absolute Gasteiger partial charge is 0.508 e. The lowest BCUT2D eigenvalue weighted by Crippen LogP contribution is -2.49. The van der Waals surface area contributed by atoms with E-state index in [9.17, 15) is 33.0 Å². The van der Waals surface area contributed by atoms with Gasteiger partial charge in [-0.2, -0.15) is 13.2 Å². The number of aliphatic hydroxyl groups is 1. The van der Waals surface area contributed by atoms with Crippen LogP contribution in [-0.4, -0.2) is 95.2 Å². The number of phenolic OH excluding ortho intramolecular Hbond substituents is 1. The molecule has 3 aliphatic heterocycles. The second-order valence-electron chi connectivity index (χ2n) is 10.6. The van der Waals surface area contributed by atoms with Gasteiger partial charge in [0, 0.05) is 57.9 Å². The van der Waals surface area contributed by atoms with E-state index in [1.165, 1.54) is 28.7 Å². The normalized spacial score (nSPS) is 21.1. The van der Waals surface area contributed by atoms with Gasteiger partial charge in [-0.05, 0) is 23.8 Å². The van der Waals surface area contributed by atoms with Gasteiger partial charge in [0.25, 0.3) is 5.91 Å². The Balaban J connectivity index is 1.12. The summed E-state index contributed by atoms with van der Waals surface area (Å²) in [5.74, 6) is -2.02. The highest BCUT2D eigenvalue weighted by molar-refractivity contribution is 5.97. The van der Waals surface area contributed by atoms with Gasteiger partial charge in [0.1, 0.15) is 41.7 Å². The van der Waals surface area contributed by atoms with Gasteiger partial charge in [0.2, 0.25) is 0 Å². The van der Waals surface area contributed by atoms with E-state index in [0.29, 0.717) is 6.54 Å². The summed E-state index contributed by atoms with van der Waals surface area (Å²) in [6, 6.07) is 11.9. The molecule has 2 aromatic rings. The predicted molar refractivity (Wildman–Crippen MR) is 135 cm³/mol. The number of nitrogens with zero attached hydrogens (tertiary/aromatic N) is 2. The van der Waals surface area contributed by atoms with Crippen molar-refractivity contribution >= 4 is 11.9 Å². The minimum absolute atomic E-state index is 0.0366. The quantitative estimate of drug-likeness (QED) is 0.495. The summed E-state index contributed by atoms with van der Waals surface area (Å²) in [6.45, 7) is 1.59. The fourth-order valence-electron chi connectivity index (χ4n) is 5.53. The Morgan fingerprint density at radius 3 is 2.60 bits per heavy atom. The van der Waals surface area contributed by atoms with Crippen molar-refractivity contribution in [2.24, 2.45) is 0 Å². The van der Waals surface area contributed by atoms with Crippen LogP contribution in [0.5, 0.6) is 17.2 Å². The molecular formula is C28H31F3N2O7. The van der Waals surface area contributed by atoms with E-state index in [1.807, 2.05) is 18.2 Å². The second kappa shape index (κ2) is 11.2. The lowest BCUT2D eigenvalue weighted by Gasteiger charge is -2.39. The number of fused-ring (bicyclic) bond motifs is 1. The Bertz CT molecular complexity index is 1220. The number of hydrogen-bond donors (Lipinski definition) is 2. The summed E-state index contributed by atoms with van der Waals surface area (Å²) in [4.78, 5) is 27.6. The van der Waals surface area contributed by atoms with E-state index >= 15 is 0 Å². The molecule has 2 saturated heterocycles. The summed E-state index contributed by atoms with van der Waals surface area (Å²) in [6.07, 6.45) is -4.46. The molecule has 2 aromatic carbocycles. The van der Waals surface area contributed by atoms with Crippen LogP contribution in [-0.2, 0) is 16.0 Å². The summed E-state index contributed by atoms with van der Waals surface area (Å²) < 4.78 is 54.0. The predicted octanol–water partition coefficient (Wildman–Crippen LogP) is 2.92. The number of amides is 1. The van der Waals surface area contributed by atoms with Crippen molar-refractivity contribution in [3.63, 3.8) is 0 Å². The smallest absolute Gasteiger partial charge is 0.490 e. The summed E-state index contributed by atoms with van der Waals surface area (Å²) in [5.41, 5.74) is 1.08. The number of likely N-dealkylation sites (tertiary alicyclic amines) is 2. The molecule has 2 atom stereocenters. The lowest BCUT2D eigenvalue weighted by molar-refractivity contribution is -0.204. The zero-order valence-corrected chi connectivity index (χ0v) is 21.7. The Kier molecular flexibility index (Phi) is 7.83. The number of para-hydroxylation sites is 1. The third-order valence-electron chi connectivity index (χ3n) is 7.61. The maximum atomic E-state index is 13.1. The number of benzene rings is 2. The average Bonchev–Trinajstić information content (AvgIpc) is 3.52. The van der Waals surface area contributed by atoms with Gasteiger partial charge in [-0.3, -0.25) is 4.79 Å². The van der Waals surface area contributed by atoms with Crippen molar-refractivity contribution in [3.05, 3.63) is 53.6 Å². The van der Waals surface area contributed by atoms with E-state index < -0.39 is 30.3 Å². The Morgan fingerprint density at radius 2 is 1.88 bits per heavy atom. The van der Waals surface area contributed by atoms with Gasteiger partial charge in [0.15, 0.2) is 0 Å². The number of phenols is 1. The number of rotatable bonds is 7. The first-order valence-electron chi connectivity index (χ1n) is 13.2. The van der Waals surface area contributed by atoms with Gasteiger partial charge in [-0.25, -0.2) is 4.79 Å². The number of carbonyl (C=O) groups is 2. The Hall–Kier alpha value is -3.51. The fraction of sp³-hybridized carbons (Fsp3) is 0.500. The van der Waals surface area contributed by atoms with Crippen molar-refractivity contribution in [2.45, 2.75) is 49.7 Å². The van der Waals surface area contributed by atoms with Gasteiger partial charge >= 0.3 is 12.1 Å². The van der Waals surface area contributed by atoms with E-state index in [1.54, 1.807) is 0 Å². The number of halogens is 3. The highest BCUT2D eigenvalue weighted by atomic mass is 19.4. The molecule has 2 N–H and O–H groups in total. The van der Waals surface area contributed by atoms with Crippen molar-refractivity contribution in [3.8, 4) is 17.2 Å². The van der Waals surface area contributed by atoms with E-state index in [2.05, 4.69) is 15.7 Å². The maximum Gasteiger partial charge on any atom is 0.490 e. The van der Waals surface area contributed by atoms with Crippen molar-refractivity contribution in [2.75, 3.05) is 39.3 Å². The van der Waals surface area contributed by atoms with Crippen molar-refractivity contribution in [1.29, 1.82) is 0 Å². The zero-order valence-electron chi connectivity index (χ0n) is 21.7. The number of β-amino-alcohol motifs (C(OH)–C–C–N with tert-alkyl or cyclic N) is 1. The number of esters is 1. The van der Waals surface area contributed by atoms with E-state index in [-0.39, 0.29) is 48.8 Å². The first kappa shape index (κ1) is 28.0. The summed E-state index contributed by atoms with van der Waals surface area (Å²) in [5, 5.41) is 20.6. The van der Waals surface area contributed by atoms with Crippen LogP contribution >= 0.6 is 0 Å². The average molecular weight is 565 g/mol. The second-order valence-corrected chi connectivity index (χ2v) is 10.6. The molecule has 0 aliphatic carbocycles. The number of ether oxygens (including phenoxy) is 3. The molecule has 5 rings (SSSR count). The zero-order chi connectivity index (χ0) is 28.5. The minimum atomic E-state index is -5.11. The number of carbonyl (C=O) groups excluding carboxylic acids is 2.